The molecule has 34 heavy (non-hydrogen) atoms. The van der Waals surface area contributed by atoms with E-state index in [1.807, 2.05) is 0 Å². The number of carbonyl (C=O) groups is 3. The topological polar surface area (TPSA) is 197 Å². The molecule has 3 rings (SSSR count). The molecular formula is C21H25N3O9S. The van der Waals surface area contributed by atoms with Gasteiger partial charge in [-0.05, 0) is 37.5 Å². The van der Waals surface area contributed by atoms with Crippen molar-refractivity contribution in [2.24, 2.45) is 5.92 Å². The molecular weight excluding hydrogens is 470 g/mol. The van der Waals surface area contributed by atoms with Crippen molar-refractivity contribution >= 4 is 44.6 Å². The number of anilines is 1. The standard InChI is InChI=1S/C21H25N3O9S/c1-11-14-3-2-13(22)8-17(14)33-21(29)15(11)9-18(25)23-16(10-34(30,31)32)19(26)24-6-4-12(5-7-24)20(27)28/h2-3,8,12,16H,4-7,9-10,22H2,1H3,(H,23,25)(H,27,28)(H,30,31,32). The van der Waals surface area contributed by atoms with Crippen LogP contribution in [0.3, 0.4) is 0 Å². The summed E-state index contributed by atoms with van der Waals surface area (Å²) in [5.41, 5.74) is 6.05. The summed E-state index contributed by atoms with van der Waals surface area (Å²) in [5, 5.41) is 11.9. The van der Waals surface area contributed by atoms with Crippen LogP contribution < -0.4 is 16.7 Å². The van der Waals surface area contributed by atoms with Gasteiger partial charge in [0.05, 0.1) is 17.9 Å². The molecule has 1 aromatic carbocycles. The summed E-state index contributed by atoms with van der Waals surface area (Å²) in [6.07, 6.45) is -0.143. The highest BCUT2D eigenvalue weighted by Crippen LogP contribution is 2.22. The zero-order chi connectivity index (χ0) is 25.2. The Hall–Kier alpha value is -3.45. The lowest BCUT2D eigenvalue weighted by Gasteiger charge is -2.32. The number of fused-ring (bicyclic) bond motifs is 1. The molecule has 184 valence electrons. The van der Waals surface area contributed by atoms with Crippen LogP contribution in [0.4, 0.5) is 5.69 Å². The predicted molar refractivity (Wildman–Crippen MR) is 121 cm³/mol. The number of aryl methyl sites for hydroxylation is 1. The third kappa shape index (κ3) is 5.91. The second-order valence-electron chi connectivity index (χ2n) is 8.23. The molecule has 1 atom stereocenters. The van der Waals surface area contributed by atoms with E-state index >= 15 is 0 Å². The third-order valence-corrected chi connectivity index (χ3v) is 6.57. The van der Waals surface area contributed by atoms with Crippen molar-refractivity contribution in [1.82, 2.24) is 10.2 Å². The average molecular weight is 496 g/mol. The monoisotopic (exact) mass is 495 g/mol. The molecule has 1 saturated heterocycles. The van der Waals surface area contributed by atoms with Crippen molar-refractivity contribution in [2.45, 2.75) is 32.2 Å². The molecule has 1 fully saturated rings. The molecule has 12 nitrogen and oxygen atoms in total. The zero-order valence-corrected chi connectivity index (χ0v) is 19.1. The number of amides is 2. The maximum absolute atomic E-state index is 12.9. The van der Waals surface area contributed by atoms with Gasteiger partial charge in [-0.2, -0.15) is 8.42 Å². The molecule has 5 N–H and O–H groups in total. The molecule has 0 saturated carbocycles. The molecule has 0 radical (unpaired) electrons. The number of carboxylic acids is 1. The van der Waals surface area contributed by atoms with E-state index in [2.05, 4.69) is 5.32 Å². The molecule has 0 aliphatic carbocycles. The van der Waals surface area contributed by atoms with Gasteiger partial charge in [0.15, 0.2) is 0 Å². The van der Waals surface area contributed by atoms with E-state index < -0.39 is 57.7 Å². The number of rotatable bonds is 7. The van der Waals surface area contributed by atoms with Gasteiger partial charge in [0, 0.05) is 30.2 Å². The SMILES string of the molecule is Cc1c(CC(=O)NC(CS(=O)(=O)O)C(=O)N2CCC(C(=O)O)CC2)c(=O)oc2cc(N)ccc12. The van der Waals surface area contributed by atoms with Gasteiger partial charge in [0.25, 0.3) is 10.1 Å². The Bertz CT molecular complexity index is 1290. The minimum Gasteiger partial charge on any atom is -0.481 e. The molecule has 13 heteroatoms. The van der Waals surface area contributed by atoms with Crippen molar-refractivity contribution in [2.75, 3.05) is 24.6 Å². The summed E-state index contributed by atoms with van der Waals surface area (Å²) >= 11 is 0. The van der Waals surface area contributed by atoms with Crippen molar-refractivity contribution in [3.63, 3.8) is 0 Å². The molecule has 0 spiro atoms. The number of aliphatic carboxylic acids is 1. The van der Waals surface area contributed by atoms with Crippen LogP contribution in [-0.4, -0.2) is 65.6 Å². The quantitative estimate of drug-likeness (QED) is 0.229. The Kier molecular flexibility index (Phi) is 7.26. The first-order valence-corrected chi connectivity index (χ1v) is 12.0. The smallest absolute Gasteiger partial charge is 0.340 e. The highest BCUT2D eigenvalue weighted by atomic mass is 32.2. The van der Waals surface area contributed by atoms with Gasteiger partial charge in [-0.1, -0.05) is 0 Å². The number of benzene rings is 1. The van der Waals surface area contributed by atoms with E-state index in [1.54, 1.807) is 19.1 Å². The lowest BCUT2D eigenvalue weighted by atomic mass is 9.96. The predicted octanol–water partition coefficient (Wildman–Crippen LogP) is -0.0781. The van der Waals surface area contributed by atoms with Gasteiger partial charge < -0.3 is 25.5 Å². The average Bonchev–Trinajstić information content (AvgIpc) is 2.74. The minimum absolute atomic E-state index is 0.0232. The molecule has 1 aliphatic rings. The number of piperidine rings is 1. The number of nitrogens with two attached hydrogens (primary N) is 1. The van der Waals surface area contributed by atoms with Crippen LogP contribution in [0.25, 0.3) is 11.0 Å². The van der Waals surface area contributed by atoms with Crippen LogP contribution >= 0.6 is 0 Å². The highest BCUT2D eigenvalue weighted by Gasteiger charge is 2.34. The number of carboxylic acid groups (broad SMARTS) is 1. The van der Waals surface area contributed by atoms with Crippen LogP contribution in [0.15, 0.2) is 27.4 Å². The summed E-state index contributed by atoms with van der Waals surface area (Å²) in [6, 6.07) is 3.10. The number of likely N-dealkylation sites (tertiary alicyclic amines) is 1. The van der Waals surface area contributed by atoms with Gasteiger partial charge in [-0.25, -0.2) is 4.79 Å². The van der Waals surface area contributed by atoms with E-state index in [4.69, 9.17) is 15.3 Å². The molecule has 2 aromatic rings. The van der Waals surface area contributed by atoms with Gasteiger partial charge in [-0.3, -0.25) is 18.9 Å². The second kappa shape index (κ2) is 9.81. The van der Waals surface area contributed by atoms with Crippen LogP contribution in [0.5, 0.6) is 0 Å². The fourth-order valence-electron chi connectivity index (χ4n) is 3.97. The minimum atomic E-state index is -4.65. The van der Waals surface area contributed by atoms with E-state index in [1.165, 1.54) is 11.0 Å². The number of hydrogen-bond donors (Lipinski definition) is 4. The van der Waals surface area contributed by atoms with E-state index in [0.29, 0.717) is 16.6 Å². The summed E-state index contributed by atoms with van der Waals surface area (Å²) < 4.78 is 37.5. The maximum Gasteiger partial charge on any atom is 0.340 e. The van der Waals surface area contributed by atoms with Crippen molar-refractivity contribution in [1.29, 1.82) is 0 Å². The highest BCUT2D eigenvalue weighted by molar-refractivity contribution is 7.85. The largest absolute Gasteiger partial charge is 0.481 e. The zero-order valence-electron chi connectivity index (χ0n) is 18.3. The molecule has 2 amide bonds. The molecule has 1 aliphatic heterocycles. The van der Waals surface area contributed by atoms with E-state index in [9.17, 15) is 32.1 Å². The number of carbonyl (C=O) groups excluding carboxylic acids is 2. The first kappa shape index (κ1) is 25.2. The van der Waals surface area contributed by atoms with E-state index in [0.717, 1.165) is 0 Å². The van der Waals surface area contributed by atoms with Crippen LogP contribution in [0.1, 0.15) is 24.0 Å². The molecule has 1 unspecified atom stereocenters. The molecule has 2 heterocycles. The summed E-state index contributed by atoms with van der Waals surface area (Å²) in [6.45, 7) is 1.74. The fraction of sp³-hybridized carbons (Fsp3) is 0.429. The van der Waals surface area contributed by atoms with Crippen molar-refractivity contribution in [3.8, 4) is 0 Å². The molecule has 1 aromatic heterocycles. The Labute approximate surface area is 194 Å². The van der Waals surface area contributed by atoms with Crippen molar-refractivity contribution in [3.05, 3.63) is 39.7 Å². The summed E-state index contributed by atoms with van der Waals surface area (Å²) in [7, 11) is -4.65. The van der Waals surface area contributed by atoms with Gasteiger partial charge in [0.1, 0.15) is 17.4 Å². The van der Waals surface area contributed by atoms with Gasteiger partial charge in [0.2, 0.25) is 11.8 Å². The second-order valence-corrected chi connectivity index (χ2v) is 9.73. The number of nitrogen functional groups attached to an aromatic ring is 1. The first-order valence-electron chi connectivity index (χ1n) is 10.4. The normalized spacial score (nSPS) is 15.8. The summed E-state index contributed by atoms with van der Waals surface area (Å²) in [5.74, 6) is -4.27. The number of nitrogens with zero attached hydrogens (tertiary/aromatic N) is 1. The van der Waals surface area contributed by atoms with Crippen LogP contribution in [0.2, 0.25) is 0 Å². The fourth-order valence-corrected chi connectivity index (χ4v) is 4.62. The van der Waals surface area contributed by atoms with Gasteiger partial charge >= 0.3 is 11.6 Å². The van der Waals surface area contributed by atoms with Gasteiger partial charge in [-0.15, -0.1) is 0 Å². The Morgan fingerprint density at radius 3 is 2.50 bits per heavy atom. The lowest BCUT2D eigenvalue weighted by Crippen LogP contribution is -2.54. The van der Waals surface area contributed by atoms with E-state index in [-0.39, 0.29) is 37.1 Å². The maximum atomic E-state index is 12.9. The van der Waals surface area contributed by atoms with Crippen LogP contribution in [-0.2, 0) is 30.9 Å². The Balaban J connectivity index is 1.79. The Morgan fingerprint density at radius 2 is 1.91 bits per heavy atom. The number of nitrogens with one attached hydrogen (secondary N) is 1. The third-order valence-electron chi connectivity index (χ3n) is 5.82. The van der Waals surface area contributed by atoms with Crippen molar-refractivity contribution < 1.29 is 36.9 Å². The summed E-state index contributed by atoms with van der Waals surface area (Å²) in [4.78, 5) is 50.4. The van der Waals surface area contributed by atoms with Crippen LogP contribution in [0, 0.1) is 12.8 Å². The Morgan fingerprint density at radius 1 is 1.26 bits per heavy atom. The number of hydrogen-bond acceptors (Lipinski definition) is 8. The molecule has 0 bridgehead atoms. The lowest BCUT2D eigenvalue weighted by molar-refractivity contribution is -0.146. The first-order chi connectivity index (χ1) is 15.9.